The summed E-state index contributed by atoms with van der Waals surface area (Å²) >= 11 is 0. The second-order valence-corrected chi connectivity index (χ2v) is 3.14. The van der Waals surface area contributed by atoms with Crippen LogP contribution in [0.3, 0.4) is 0 Å². The summed E-state index contributed by atoms with van der Waals surface area (Å²) in [5.74, 6) is 2.71. The molecule has 0 aromatic heterocycles. The smallest absolute Gasteiger partial charge is 0 e. The van der Waals surface area contributed by atoms with Crippen molar-refractivity contribution < 1.29 is 32.7 Å². The van der Waals surface area contributed by atoms with Gasteiger partial charge in [-0.05, 0) is 5.92 Å². The van der Waals surface area contributed by atoms with Crippen LogP contribution < -0.4 is 0 Å². The third kappa shape index (κ3) is 4.85. The van der Waals surface area contributed by atoms with E-state index < -0.39 is 0 Å². The number of hydrogen-bond donors (Lipinski definition) is 0. The van der Waals surface area contributed by atoms with Crippen molar-refractivity contribution in [2.45, 2.75) is 39.5 Å². The van der Waals surface area contributed by atoms with E-state index in [0.29, 0.717) is 0 Å². The molecule has 1 saturated carbocycles. The van der Waals surface area contributed by atoms with Crippen molar-refractivity contribution in [3.63, 3.8) is 0 Å². The summed E-state index contributed by atoms with van der Waals surface area (Å²) in [6.45, 7) is 4.64. The van der Waals surface area contributed by atoms with Gasteiger partial charge in [0.05, 0.1) is 0 Å². The fourth-order valence-corrected chi connectivity index (χ4v) is 1.25. The molecular weight excluding hydrogens is 197 g/mol. The first-order valence-electron chi connectivity index (χ1n) is 3.60. The van der Waals surface area contributed by atoms with Gasteiger partial charge in [0.2, 0.25) is 0 Å². The Labute approximate surface area is 91.0 Å². The van der Waals surface area contributed by atoms with Crippen LogP contribution in [-0.4, -0.2) is 0 Å². The van der Waals surface area contributed by atoms with Gasteiger partial charge in [-0.25, -0.2) is 0 Å². The number of rotatable bonds is 0. The Morgan fingerprint density at radius 2 is 1.60 bits per heavy atom. The molecule has 0 heterocycles. The molecule has 1 radical (unpaired) electrons. The fraction of sp³-hybridized carbons (Fsp3) is 0.778. The molecule has 0 aromatic rings. The minimum Gasteiger partial charge on any atom is -0.358 e. The van der Waals surface area contributed by atoms with E-state index in [-0.39, 0.29) is 40.1 Å². The Hall–Kier alpha value is 1.10. The number of hydrogen-bond acceptors (Lipinski definition) is 0. The van der Waals surface area contributed by atoms with Gasteiger partial charge in [0, 0.05) is 32.7 Å². The zero-order valence-electron chi connectivity index (χ0n) is 7.48. The zero-order valence-corrected chi connectivity index (χ0v) is 10.3. The molecule has 10 heavy (non-hydrogen) atoms. The quantitative estimate of drug-likeness (QED) is 0.544. The maximum Gasteiger partial charge on any atom is 0 e. The molecule has 0 aromatic carbocycles. The van der Waals surface area contributed by atoms with Gasteiger partial charge < -0.3 is 13.3 Å². The summed E-state index contributed by atoms with van der Waals surface area (Å²) in [7, 11) is 0. The first kappa shape index (κ1) is 13.7. The van der Waals surface area contributed by atoms with Crippen LogP contribution in [-0.2, 0) is 32.7 Å². The second-order valence-electron chi connectivity index (χ2n) is 3.14. The van der Waals surface area contributed by atoms with Gasteiger partial charge in [-0.2, -0.15) is 19.8 Å². The van der Waals surface area contributed by atoms with Crippen LogP contribution in [0.5, 0.6) is 0 Å². The normalized spacial score (nSPS) is 21.0. The Bertz CT molecular complexity index is 53.1. The van der Waals surface area contributed by atoms with E-state index in [1.165, 1.54) is 25.7 Å². The van der Waals surface area contributed by atoms with Gasteiger partial charge in [-0.3, -0.25) is 0 Å². The summed E-state index contributed by atoms with van der Waals surface area (Å²) in [6.07, 6.45) is 5.65. The molecular formula is C9H18Y-2. The minimum atomic E-state index is 0. The minimum absolute atomic E-state index is 0. The average Bonchev–Trinajstić information content (AvgIpc) is 1.77. The third-order valence-electron chi connectivity index (χ3n) is 2.13. The Balaban J connectivity index is 0. The fourth-order valence-electron chi connectivity index (χ4n) is 1.25. The van der Waals surface area contributed by atoms with E-state index >= 15 is 0 Å². The molecule has 1 aliphatic carbocycles. The predicted molar refractivity (Wildman–Crippen MR) is 43.0 cm³/mol. The predicted octanol–water partition coefficient (Wildman–Crippen LogP) is 3.24. The average molecular weight is 215 g/mol. The summed E-state index contributed by atoms with van der Waals surface area (Å²) in [5.41, 5.74) is 0. The van der Waals surface area contributed by atoms with Crippen LogP contribution in [0.4, 0.5) is 0 Å². The Morgan fingerprint density at radius 3 is 1.90 bits per heavy atom. The van der Waals surface area contributed by atoms with E-state index in [0.717, 1.165) is 5.92 Å². The van der Waals surface area contributed by atoms with Gasteiger partial charge in [0.25, 0.3) is 0 Å². The van der Waals surface area contributed by atoms with Crippen molar-refractivity contribution in [2.24, 2.45) is 5.92 Å². The zero-order chi connectivity index (χ0) is 5.98. The molecule has 0 N–H and O–H groups in total. The van der Waals surface area contributed by atoms with Crippen molar-refractivity contribution >= 4 is 0 Å². The molecule has 0 saturated heterocycles. The third-order valence-corrected chi connectivity index (χ3v) is 2.13. The van der Waals surface area contributed by atoms with Crippen LogP contribution in [0.15, 0.2) is 0 Å². The molecule has 0 unspecified atom stereocenters. The standard InChI is InChI=1S/C8H15.CH3.Y/c1-7-3-5-8(2)6-4-7;;/h7H,3-6H2,1-2H3;1H3;/q2*-1;. The Morgan fingerprint density at radius 1 is 1.20 bits per heavy atom. The van der Waals surface area contributed by atoms with Crippen LogP contribution in [0.1, 0.15) is 39.5 Å². The van der Waals surface area contributed by atoms with Crippen molar-refractivity contribution in [3.8, 4) is 0 Å². The summed E-state index contributed by atoms with van der Waals surface area (Å²) in [4.78, 5) is 0. The topological polar surface area (TPSA) is 0 Å². The largest absolute Gasteiger partial charge is 0.358 e. The van der Waals surface area contributed by atoms with Gasteiger partial charge >= 0.3 is 0 Å². The molecule has 1 rings (SSSR count). The monoisotopic (exact) mass is 215 g/mol. The van der Waals surface area contributed by atoms with Crippen molar-refractivity contribution in [1.82, 2.24) is 0 Å². The molecule has 59 valence electrons. The van der Waals surface area contributed by atoms with Crippen molar-refractivity contribution in [1.29, 1.82) is 0 Å². The molecule has 0 atom stereocenters. The maximum absolute atomic E-state index is 2.35. The van der Waals surface area contributed by atoms with E-state index in [1.807, 2.05) is 0 Å². The van der Waals surface area contributed by atoms with Crippen molar-refractivity contribution in [2.75, 3.05) is 0 Å². The van der Waals surface area contributed by atoms with E-state index in [2.05, 4.69) is 13.8 Å². The van der Waals surface area contributed by atoms with Gasteiger partial charge in [-0.1, -0.05) is 19.8 Å². The molecule has 0 amide bonds. The SMILES string of the molecule is C[C-]1CCC(C)CC1.[CH3-].[Y]. The molecule has 1 aliphatic rings. The van der Waals surface area contributed by atoms with Crippen LogP contribution >= 0.6 is 0 Å². The van der Waals surface area contributed by atoms with Crippen molar-refractivity contribution in [3.05, 3.63) is 13.3 Å². The summed E-state index contributed by atoms with van der Waals surface area (Å²) < 4.78 is 0. The summed E-state index contributed by atoms with van der Waals surface area (Å²) in [5, 5.41) is 0. The van der Waals surface area contributed by atoms with E-state index in [4.69, 9.17) is 0 Å². The van der Waals surface area contributed by atoms with Crippen LogP contribution in [0.25, 0.3) is 0 Å². The molecule has 1 fully saturated rings. The molecule has 0 bridgehead atoms. The van der Waals surface area contributed by atoms with Gasteiger partial charge in [-0.15, -0.1) is 0 Å². The van der Waals surface area contributed by atoms with Crippen LogP contribution in [0.2, 0.25) is 0 Å². The molecule has 0 spiro atoms. The van der Waals surface area contributed by atoms with Crippen LogP contribution in [0, 0.1) is 19.3 Å². The Kier molecular flexibility index (Phi) is 9.29. The molecule has 1 heteroatoms. The van der Waals surface area contributed by atoms with E-state index in [9.17, 15) is 0 Å². The second kappa shape index (κ2) is 6.79. The first-order chi connectivity index (χ1) is 3.79. The van der Waals surface area contributed by atoms with Gasteiger partial charge in [0.1, 0.15) is 0 Å². The first-order valence-corrected chi connectivity index (χ1v) is 3.60. The molecule has 0 aliphatic heterocycles. The summed E-state index contributed by atoms with van der Waals surface area (Å²) in [6, 6.07) is 0. The van der Waals surface area contributed by atoms with Gasteiger partial charge in [0.15, 0.2) is 0 Å². The van der Waals surface area contributed by atoms with E-state index in [1.54, 1.807) is 5.92 Å². The molecule has 0 nitrogen and oxygen atoms in total. The maximum atomic E-state index is 2.35.